The lowest BCUT2D eigenvalue weighted by Crippen LogP contribution is -2.47. The summed E-state index contributed by atoms with van der Waals surface area (Å²) in [6, 6.07) is 7.74. The van der Waals surface area contributed by atoms with Crippen LogP contribution in [0.3, 0.4) is 0 Å². The van der Waals surface area contributed by atoms with Gasteiger partial charge in [-0.25, -0.2) is 0 Å². The van der Waals surface area contributed by atoms with Crippen LogP contribution in [0.15, 0.2) is 24.3 Å². The Balaban J connectivity index is 1.75. The summed E-state index contributed by atoms with van der Waals surface area (Å²) in [5.74, 6) is 0.528. The first-order chi connectivity index (χ1) is 9.13. The summed E-state index contributed by atoms with van der Waals surface area (Å²) < 4.78 is 5.40. The smallest absolute Gasteiger partial charge is 0.258 e. The van der Waals surface area contributed by atoms with Crippen molar-refractivity contribution in [2.45, 2.75) is 31.8 Å². The standard InChI is InChI=1S/C14H19ClN2O2/c1-10-7-12(5-6-16-10)17-14(18)9-19-13-4-2-3-11(15)8-13/h2-4,8,10,12,16H,5-7,9H2,1H3,(H,17,18). The van der Waals surface area contributed by atoms with Gasteiger partial charge in [-0.3, -0.25) is 4.79 Å². The van der Waals surface area contributed by atoms with Crippen molar-refractivity contribution in [3.8, 4) is 5.75 Å². The number of carbonyl (C=O) groups is 1. The molecular formula is C14H19ClN2O2. The summed E-state index contributed by atoms with van der Waals surface area (Å²) in [6.45, 7) is 3.10. The van der Waals surface area contributed by atoms with Crippen molar-refractivity contribution < 1.29 is 9.53 Å². The van der Waals surface area contributed by atoms with Crippen molar-refractivity contribution in [2.24, 2.45) is 0 Å². The second-order valence-corrected chi connectivity index (χ2v) is 5.33. The van der Waals surface area contributed by atoms with E-state index in [1.54, 1.807) is 24.3 Å². The van der Waals surface area contributed by atoms with E-state index in [0.29, 0.717) is 16.8 Å². The highest BCUT2D eigenvalue weighted by atomic mass is 35.5. The van der Waals surface area contributed by atoms with Gasteiger partial charge in [0.25, 0.3) is 5.91 Å². The maximum absolute atomic E-state index is 11.8. The van der Waals surface area contributed by atoms with Gasteiger partial charge in [0.05, 0.1) is 0 Å². The molecule has 0 saturated carbocycles. The molecule has 0 spiro atoms. The van der Waals surface area contributed by atoms with E-state index in [1.807, 2.05) is 0 Å². The highest BCUT2D eigenvalue weighted by Crippen LogP contribution is 2.17. The number of hydrogen-bond donors (Lipinski definition) is 2. The van der Waals surface area contributed by atoms with Gasteiger partial charge in [-0.15, -0.1) is 0 Å². The maximum Gasteiger partial charge on any atom is 0.258 e. The van der Waals surface area contributed by atoms with Gasteiger partial charge < -0.3 is 15.4 Å². The Hall–Kier alpha value is -1.26. The monoisotopic (exact) mass is 282 g/mol. The molecular weight excluding hydrogens is 264 g/mol. The van der Waals surface area contributed by atoms with E-state index in [9.17, 15) is 4.79 Å². The first-order valence-corrected chi connectivity index (χ1v) is 6.92. The van der Waals surface area contributed by atoms with Crippen LogP contribution in [-0.4, -0.2) is 31.1 Å². The van der Waals surface area contributed by atoms with E-state index in [4.69, 9.17) is 16.3 Å². The van der Waals surface area contributed by atoms with Gasteiger partial charge in [0.2, 0.25) is 0 Å². The van der Waals surface area contributed by atoms with E-state index in [1.165, 1.54) is 0 Å². The molecule has 0 bridgehead atoms. The van der Waals surface area contributed by atoms with Gasteiger partial charge in [-0.05, 0) is 44.5 Å². The Morgan fingerprint density at radius 3 is 3.16 bits per heavy atom. The molecule has 5 heteroatoms. The SMILES string of the molecule is CC1CC(NC(=O)COc2cccc(Cl)c2)CCN1. The van der Waals surface area contributed by atoms with Crippen molar-refractivity contribution in [2.75, 3.05) is 13.2 Å². The van der Waals surface area contributed by atoms with Crippen LogP contribution in [0.25, 0.3) is 0 Å². The lowest BCUT2D eigenvalue weighted by atomic mass is 10.0. The fourth-order valence-electron chi connectivity index (χ4n) is 2.24. The molecule has 1 aromatic rings. The Labute approximate surface area is 118 Å². The van der Waals surface area contributed by atoms with E-state index in [0.717, 1.165) is 19.4 Å². The molecule has 2 atom stereocenters. The molecule has 19 heavy (non-hydrogen) atoms. The quantitative estimate of drug-likeness (QED) is 0.888. The zero-order valence-electron chi connectivity index (χ0n) is 11.0. The van der Waals surface area contributed by atoms with Crippen LogP contribution < -0.4 is 15.4 Å². The molecule has 0 radical (unpaired) electrons. The number of benzene rings is 1. The first kappa shape index (κ1) is 14.2. The molecule has 2 rings (SSSR count). The fourth-order valence-corrected chi connectivity index (χ4v) is 2.42. The van der Waals surface area contributed by atoms with E-state index in [2.05, 4.69) is 17.6 Å². The first-order valence-electron chi connectivity index (χ1n) is 6.54. The van der Waals surface area contributed by atoms with Crippen molar-refractivity contribution in [3.63, 3.8) is 0 Å². The van der Waals surface area contributed by atoms with E-state index < -0.39 is 0 Å². The third-order valence-corrected chi connectivity index (χ3v) is 3.39. The van der Waals surface area contributed by atoms with Crippen LogP contribution in [0.4, 0.5) is 0 Å². The Morgan fingerprint density at radius 2 is 2.42 bits per heavy atom. The summed E-state index contributed by atoms with van der Waals surface area (Å²) in [4.78, 5) is 11.8. The molecule has 1 fully saturated rings. The average Bonchev–Trinajstić information content (AvgIpc) is 2.36. The van der Waals surface area contributed by atoms with Gasteiger partial charge in [0.1, 0.15) is 5.75 Å². The van der Waals surface area contributed by atoms with E-state index in [-0.39, 0.29) is 18.6 Å². The lowest BCUT2D eigenvalue weighted by Gasteiger charge is -2.28. The zero-order chi connectivity index (χ0) is 13.7. The number of hydrogen-bond acceptors (Lipinski definition) is 3. The lowest BCUT2D eigenvalue weighted by molar-refractivity contribution is -0.124. The molecule has 2 N–H and O–H groups in total. The topological polar surface area (TPSA) is 50.4 Å². The maximum atomic E-state index is 11.8. The molecule has 1 heterocycles. The third kappa shape index (κ3) is 4.73. The summed E-state index contributed by atoms with van der Waals surface area (Å²) in [6.07, 6.45) is 1.93. The fraction of sp³-hybridized carbons (Fsp3) is 0.500. The summed E-state index contributed by atoms with van der Waals surface area (Å²) in [5.41, 5.74) is 0. The van der Waals surface area contributed by atoms with Crippen LogP contribution >= 0.6 is 11.6 Å². The summed E-state index contributed by atoms with van der Waals surface area (Å²) in [5, 5.41) is 6.95. The minimum Gasteiger partial charge on any atom is -0.484 e. The number of carbonyl (C=O) groups excluding carboxylic acids is 1. The van der Waals surface area contributed by atoms with Crippen molar-refractivity contribution in [1.29, 1.82) is 0 Å². The predicted octanol–water partition coefficient (Wildman–Crippen LogP) is 1.98. The van der Waals surface area contributed by atoms with Crippen LogP contribution in [0.5, 0.6) is 5.75 Å². The molecule has 0 aromatic heterocycles. The number of nitrogens with one attached hydrogen (secondary N) is 2. The molecule has 1 aromatic carbocycles. The molecule has 0 aliphatic carbocycles. The van der Waals surface area contributed by atoms with Crippen molar-refractivity contribution >= 4 is 17.5 Å². The second-order valence-electron chi connectivity index (χ2n) is 4.89. The normalized spacial score (nSPS) is 22.8. The predicted molar refractivity (Wildman–Crippen MR) is 75.6 cm³/mol. The van der Waals surface area contributed by atoms with Gasteiger partial charge in [-0.1, -0.05) is 17.7 Å². The minimum atomic E-state index is -0.0842. The minimum absolute atomic E-state index is 0.0264. The molecule has 1 aliphatic rings. The van der Waals surface area contributed by atoms with Crippen LogP contribution in [-0.2, 0) is 4.79 Å². The number of rotatable bonds is 4. The van der Waals surface area contributed by atoms with Gasteiger partial charge >= 0.3 is 0 Å². The number of amides is 1. The third-order valence-electron chi connectivity index (χ3n) is 3.15. The molecule has 104 valence electrons. The summed E-state index contributed by atoms with van der Waals surface area (Å²) in [7, 11) is 0. The highest BCUT2D eigenvalue weighted by Gasteiger charge is 2.19. The zero-order valence-corrected chi connectivity index (χ0v) is 11.7. The van der Waals surface area contributed by atoms with E-state index >= 15 is 0 Å². The van der Waals surface area contributed by atoms with Crippen LogP contribution in [0, 0.1) is 0 Å². The highest BCUT2D eigenvalue weighted by molar-refractivity contribution is 6.30. The Bertz CT molecular complexity index is 439. The average molecular weight is 283 g/mol. The molecule has 2 unspecified atom stereocenters. The Morgan fingerprint density at radius 1 is 1.58 bits per heavy atom. The van der Waals surface area contributed by atoms with Crippen molar-refractivity contribution in [1.82, 2.24) is 10.6 Å². The van der Waals surface area contributed by atoms with Crippen molar-refractivity contribution in [3.05, 3.63) is 29.3 Å². The molecule has 4 nitrogen and oxygen atoms in total. The second kappa shape index (κ2) is 6.78. The number of halogens is 1. The van der Waals surface area contributed by atoms with Gasteiger partial charge in [-0.2, -0.15) is 0 Å². The molecule has 1 amide bonds. The Kier molecular flexibility index (Phi) is 5.05. The largest absolute Gasteiger partial charge is 0.484 e. The molecule has 1 saturated heterocycles. The molecule has 1 aliphatic heterocycles. The number of piperidine rings is 1. The summed E-state index contributed by atoms with van der Waals surface area (Å²) >= 11 is 5.84. The van der Waals surface area contributed by atoms with Crippen LogP contribution in [0.2, 0.25) is 5.02 Å². The number of ether oxygens (including phenoxy) is 1. The van der Waals surface area contributed by atoms with Gasteiger partial charge in [0, 0.05) is 17.1 Å². The van der Waals surface area contributed by atoms with Gasteiger partial charge in [0.15, 0.2) is 6.61 Å². The van der Waals surface area contributed by atoms with Crippen LogP contribution in [0.1, 0.15) is 19.8 Å².